The summed E-state index contributed by atoms with van der Waals surface area (Å²) in [5, 5.41) is 44.5. The Balaban J connectivity index is 3.63. The monoisotopic (exact) mass is 443 g/mol. The van der Waals surface area contributed by atoms with Crippen molar-refractivity contribution in [2.24, 2.45) is 11.5 Å². The minimum Gasteiger partial charge on any atom is -0.389 e. The van der Waals surface area contributed by atoms with Crippen LogP contribution in [-0.4, -0.2) is 136 Å². The lowest BCUT2D eigenvalue weighted by Crippen LogP contribution is -2.38. The Kier molecular flexibility index (Phi) is 20.0. The van der Waals surface area contributed by atoms with Gasteiger partial charge in [0.15, 0.2) is 0 Å². The Morgan fingerprint density at radius 3 is 1.33 bits per heavy atom. The van der Waals surface area contributed by atoms with E-state index < -0.39 is 24.4 Å². The highest BCUT2D eigenvalue weighted by Crippen LogP contribution is 1.96. The van der Waals surface area contributed by atoms with Crippen LogP contribution in [0.1, 0.15) is 0 Å². The maximum Gasteiger partial charge on any atom is 0.146 e. The van der Waals surface area contributed by atoms with E-state index in [9.17, 15) is 20.4 Å². The summed E-state index contributed by atoms with van der Waals surface area (Å²) in [5.41, 5.74) is 10.5. The van der Waals surface area contributed by atoms with Crippen molar-refractivity contribution in [1.82, 2.24) is 15.5 Å². The van der Waals surface area contributed by atoms with E-state index in [0.29, 0.717) is 13.1 Å². The van der Waals surface area contributed by atoms with Crippen LogP contribution in [0.2, 0.25) is 0 Å². The first-order valence-corrected chi connectivity index (χ1v) is 9.92. The average Bonchev–Trinajstić information content (AvgIpc) is 2.69. The van der Waals surface area contributed by atoms with Crippen molar-refractivity contribution < 1.29 is 39.4 Å². The Morgan fingerprint density at radius 1 is 0.667 bits per heavy atom. The minimum absolute atomic E-state index is 0.0477. The Labute approximate surface area is 178 Å². The number of ether oxygens (including phenoxy) is 4. The molecule has 0 aromatic carbocycles. The molecule has 0 fully saturated rings. The Morgan fingerprint density at radius 2 is 1.00 bits per heavy atom. The molecule has 13 nitrogen and oxygen atoms in total. The molecule has 0 spiro atoms. The fourth-order valence-electron chi connectivity index (χ4n) is 2.37. The molecule has 0 aromatic heterocycles. The fraction of sp³-hybridized carbons (Fsp3) is 1.00. The molecular weight excluding hydrogens is 402 g/mol. The van der Waals surface area contributed by atoms with Gasteiger partial charge in [0.2, 0.25) is 0 Å². The SMILES string of the molecule is CN(CC(O)COCOCC(O)CNCN)CC(O)COCOCC(O)CNCN. The second kappa shape index (κ2) is 20.4. The van der Waals surface area contributed by atoms with E-state index >= 15 is 0 Å². The van der Waals surface area contributed by atoms with Crippen LogP contribution in [-0.2, 0) is 18.9 Å². The molecule has 30 heavy (non-hydrogen) atoms. The second-order valence-corrected chi connectivity index (χ2v) is 6.87. The molecule has 0 heterocycles. The summed E-state index contributed by atoms with van der Waals surface area (Å²) >= 11 is 0. The van der Waals surface area contributed by atoms with Crippen LogP contribution in [0.15, 0.2) is 0 Å². The third-order valence-electron chi connectivity index (χ3n) is 3.67. The van der Waals surface area contributed by atoms with Crippen molar-refractivity contribution in [1.29, 1.82) is 0 Å². The molecule has 182 valence electrons. The van der Waals surface area contributed by atoms with Gasteiger partial charge in [0.05, 0.1) is 50.8 Å². The van der Waals surface area contributed by atoms with Gasteiger partial charge in [-0.2, -0.15) is 0 Å². The minimum atomic E-state index is -0.762. The molecule has 0 aliphatic rings. The smallest absolute Gasteiger partial charge is 0.146 e. The number of likely N-dealkylation sites (N-methyl/N-ethyl adjacent to an activating group) is 1. The molecule has 0 rings (SSSR count). The molecule has 0 amide bonds. The van der Waals surface area contributed by atoms with E-state index in [-0.39, 0.29) is 66.4 Å². The summed E-state index contributed by atoms with van der Waals surface area (Å²) in [6, 6.07) is 0. The summed E-state index contributed by atoms with van der Waals surface area (Å²) in [5.74, 6) is 0. The zero-order chi connectivity index (χ0) is 22.6. The molecule has 4 unspecified atom stereocenters. The van der Waals surface area contributed by atoms with Crippen LogP contribution in [0.25, 0.3) is 0 Å². The predicted octanol–water partition coefficient (Wildman–Crippen LogP) is -4.65. The molecule has 0 aliphatic carbocycles. The normalized spacial score (nSPS) is 16.0. The number of aliphatic hydroxyl groups excluding tert-OH is 4. The predicted molar refractivity (Wildman–Crippen MR) is 109 cm³/mol. The van der Waals surface area contributed by atoms with Gasteiger partial charge in [-0.1, -0.05) is 0 Å². The second-order valence-electron chi connectivity index (χ2n) is 6.87. The molecule has 13 heteroatoms. The number of aliphatic hydroxyl groups is 4. The van der Waals surface area contributed by atoms with Gasteiger partial charge in [0.1, 0.15) is 13.6 Å². The molecule has 0 aromatic rings. The molecule has 4 atom stereocenters. The van der Waals surface area contributed by atoms with E-state index in [1.807, 2.05) is 0 Å². The van der Waals surface area contributed by atoms with Gasteiger partial charge in [0, 0.05) is 39.5 Å². The number of hydrogen-bond acceptors (Lipinski definition) is 13. The van der Waals surface area contributed by atoms with Crippen LogP contribution in [0.3, 0.4) is 0 Å². The van der Waals surface area contributed by atoms with Crippen molar-refractivity contribution >= 4 is 0 Å². The highest BCUT2D eigenvalue weighted by Gasteiger charge is 2.13. The maximum absolute atomic E-state index is 9.95. The molecule has 10 N–H and O–H groups in total. The van der Waals surface area contributed by atoms with E-state index in [2.05, 4.69) is 10.6 Å². The topological polar surface area (TPSA) is 197 Å². The average molecular weight is 444 g/mol. The van der Waals surface area contributed by atoms with Gasteiger partial charge < -0.3 is 66.4 Å². The summed E-state index contributed by atoms with van der Waals surface area (Å²) in [4.78, 5) is 1.74. The van der Waals surface area contributed by atoms with Crippen LogP contribution in [0.5, 0.6) is 0 Å². The van der Waals surface area contributed by atoms with Crippen LogP contribution in [0.4, 0.5) is 0 Å². The largest absolute Gasteiger partial charge is 0.389 e. The molecule has 0 bridgehead atoms. The third-order valence-corrected chi connectivity index (χ3v) is 3.67. The number of hydrogen-bond donors (Lipinski definition) is 8. The first-order chi connectivity index (χ1) is 14.4. The van der Waals surface area contributed by atoms with Gasteiger partial charge in [0.25, 0.3) is 0 Å². The summed E-state index contributed by atoms with van der Waals surface area (Å²) in [7, 11) is 1.75. The lowest BCUT2D eigenvalue weighted by atomic mass is 10.3. The van der Waals surface area contributed by atoms with Crippen LogP contribution >= 0.6 is 0 Å². The quantitative estimate of drug-likeness (QED) is 0.0588. The Bertz CT molecular complexity index is 343. The first-order valence-electron chi connectivity index (χ1n) is 9.92. The van der Waals surface area contributed by atoms with Gasteiger partial charge in [-0.15, -0.1) is 0 Å². The highest BCUT2D eigenvalue weighted by atomic mass is 16.7. The van der Waals surface area contributed by atoms with E-state index in [4.69, 9.17) is 30.4 Å². The van der Waals surface area contributed by atoms with Crippen molar-refractivity contribution in [2.75, 3.05) is 86.6 Å². The van der Waals surface area contributed by atoms with Crippen molar-refractivity contribution in [2.45, 2.75) is 24.4 Å². The number of nitrogens with one attached hydrogen (secondary N) is 2. The lowest BCUT2D eigenvalue weighted by Gasteiger charge is -2.23. The van der Waals surface area contributed by atoms with Crippen molar-refractivity contribution in [3.63, 3.8) is 0 Å². The van der Waals surface area contributed by atoms with Gasteiger partial charge >= 0.3 is 0 Å². The number of nitrogens with zero attached hydrogens (tertiary/aromatic N) is 1. The van der Waals surface area contributed by atoms with Crippen LogP contribution in [0, 0.1) is 0 Å². The summed E-state index contributed by atoms with van der Waals surface area (Å²) in [6.45, 7) is 2.01. The number of nitrogens with two attached hydrogens (primary N) is 2. The standard InChI is InChI=1S/C17H41N5O8/c1-22(4-16(25)8-29-12-27-6-14(23)2-20-10-18)5-17(26)9-30-13-28-7-15(24)3-21-11-19/h14-17,20-21,23-26H,2-13,18-19H2,1H3. The highest BCUT2D eigenvalue weighted by molar-refractivity contribution is 4.65. The lowest BCUT2D eigenvalue weighted by molar-refractivity contribution is -0.104. The summed E-state index contributed by atoms with van der Waals surface area (Å²) in [6.07, 6.45) is -2.88. The first kappa shape index (κ1) is 29.5. The maximum atomic E-state index is 9.95. The molecular formula is C17H41N5O8. The molecule has 0 aliphatic heterocycles. The third kappa shape index (κ3) is 19.4. The van der Waals surface area contributed by atoms with Gasteiger partial charge in [-0.05, 0) is 7.05 Å². The van der Waals surface area contributed by atoms with Crippen molar-refractivity contribution in [3.8, 4) is 0 Å². The zero-order valence-electron chi connectivity index (χ0n) is 17.8. The van der Waals surface area contributed by atoms with Crippen LogP contribution < -0.4 is 22.1 Å². The molecule has 0 radical (unpaired) electrons. The fourth-order valence-corrected chi connectivity index (χ4v) is 2.37. The molecule has 0 saturated carbocycles. The zero-order valence-corrected chi connectivity index (χ0v) is 17.8. The van der Waals surface area contributed by atoms with E-state index in [1.165, 1.54) is 0 Å². The van der Waals surface area contributed by atoms with E-state index in [0.717, 1.165) is 0 Å². The molecule has 0 saturated heterocycles. The van der Waals surface area contributed by atoms with E-state index in [1.54, 1.807) is 11.9 Å². The summed E-state index contributed by atoms with van der Waals surface area (Å²) < 4.78 is 20.7. The van der Waals surface area contributed by atoms with Crippen molar-refractivity contribution in [3.05, 3.63) is 0 Å². The van der Waals surface area contributed by atoms with Gasteiger partial charge in [-0.3, -0.25) is 0 Å². The van der Waals surface area contributed by atoms with Gasteiger partial charge in [-0.25, -0.2) is 0 Å². The Hall–Kier alpha value is -0.520. The number of rotatable bonds is 22.